The summed E-state index contributed by atoms with van der Waals surface area (Å²) in [6, 6.07) is 11.8. The van der Waals surface area contributed by atoms with E-state index in [1.54, 1.807) is 15.3 Å². The maximum atomic E-state index is 12.7. The molecule has 0 spiro atoms. The summed E-state index contributed by atoms with van der Waals surface area (Å²) in [5.41, 5.74) is 3.51. The molecule has 4 rings (SSSR count). The summed E-state index contributed by atoms with van der Waals surface area (Å²) < 4.78 is 3.41. The summed E-state index contributed by atoms with van der Waals surface area (Å²) in [7, 11) is 0. The molecule has 0 amide bonds. The van der Waals surface area contributed by atoms with Gasteiger partial charge >= 0.3 is 0 Å². The molecule has 25 heavy (non-hydrogen) atoms. The molecule has 1 aromatic carbocycles. The number of fused-ring (bicyclic) bond motifs is 3. The zero-order chi connectivity index (χ0) is 17.2. The Balaban J connectivity index is 1.84. The molecule has 0 radical (unpaired) electrons. The van der Waals surface area contributed by atoms with Gasteiger partial charge in [0.2, 0.25) is 0 Å². The lowest BCUT2D eigenvalue weighted by atomic mass is 10.1. The lowest BCUT2D eigenvalue weighted by molar-refractivity contribution is 0.589. The standard InChI is InChI=1S/C19H19N5O/c1-2-3-7-11-23-12-10-16-17(19(23)25)21-22-18-15(13-20-24(16)18)14-8-5-4-6-9-14/h4-6,8-10,12-13H,2-3,7,11H2,1H3. The molecule has 0 unspecified atom stereocenters. The van der Waals surface area contributed by atoms with E-state index >= 15 is 0 Å². The van der Waals surface area contributed by atoms with E-state index in [1.807, 2.05) is 42.6 Å². The number of unbranched alkanes of at least 4 members (excludes halogenated alkanes) is 2. The first-order valence-electron chi connectivity index (χ1n) is 8.58. The van der Waals surface area contributed by atoms with Gasteiger partial charge in [-0.25, -0.2) is 4.52 Å². The molecule has 0 fully saturated rings. The van der Waals surface area contributed by atoms with E-state index in [-0.39, 0.29) is 5.56 Å². The van der Waals surface area contributed by atoms with Crippen LogP contribution in [0.15, 0.2) is 53.6 Å². The van der Waals surface area contributed by atoms with Crippen molar-refractivity contribution >= 4 is 16.7 Å². The SMILES string of the molecule is CCCCCn1ccc2c(nnc3c(-c4ccccc4)cnn32)c1=O. The highest BCUT2D eigenvalue weighted by molar-refractivity contribution is 5.82. The van der Waals surface area contributed by atoms with E-state index in [1.165, 1.54) is 0 Å². The summed E-state index contributed by atoms with van der Waals surface area (Å²) in [6.45, 7) is 2.85. The van der Waals surface area contributed by atoms with Crippen LogP contribution in [0.5, 0.6) is 0 Å². The molecular weight excluding hydrogens is 314 g/mol. The summed E-state index contributed by atoms with van der Waals surface area (Å²) in [4.78, 5) is 12.7. The molecule has 6 heteroatoms. The highest BCUT2D eigenvalue weighted by Gasteiger charge is 2.13. The molecule has 4 aromatic rings. The van der Waals surface area contributed by atoms with Crippen LogP contribution in [0.1, 0.15) is 26.2 Å². The van der Waals surface area contributed by atoms with Crippen LogP contribution in [0.4, 0.5) is 0 Å². The van der Waals surface area contributed by atoms with Crippen LogP contribution in [-0.2, 0) is 6.54 Å². The van der Waals surface area contributed by atoms with Gasteiger partial charge in [0.1, 0.15) is 5.52 Å². The highest BCUT2D eigenvalue weighted by Crippen LogP contribution is 2.23. The maximum absolute atomic E-state index is 12.7. The second kappa shape index (κ2) is 6.47. The Hall–Kier alpha value is -3.02. The number of aryl methyl sites for hydroxylation is 1. The van der Waals surface area contributed by atoms with Crippen molar-refractivity contribution in [1.29, 1.82) is 0 Å². The number of pyridine rings is 1. The van der Waals surface area contributed by atoms with E-state index in [4.69, 9.17) is 0 Å². The number of rotatable bonds is 5. The van der Waals surface area contributed by atoms with Crippen LogP contribution >= 0.6 is 0 Å². The topological polar surface area (TPSA) is 65.1 Å². The van der Waals surface area contributed by atoms with Crippen LogP contribution in [0.2, 0.25) is 0 Å². The van der Waals surface area contributed by atoms with Crippen molar-refractivity contribution in [2.45, 2.75) is 32.7 Å². The predicted molar refractivity (Wildman–Crippen MR) is 97.5 cm³/mol. The number of hydrogen-bond donors (Lipinski definition) is 0. The molecule has 0 saturated carbocycles. The molecule has 0 aliphatic heterocycles. The second-order valence-corrected chi connectivity index (χ2v) is 6.11. The van der Waals surface area contributed by atoms with Gasteiger partial charge in [0.05, 0.1) is 6.20 Å². The van der Waals surface area contributed by atoms with Crippen LogP contribution in [0.3, 0.4) is 0 Å². The fraction of sp³-hybridized carbons (Fsp3) is 0.263. The summed E-state index contributed by atoms with van der Waals surface area (Å²) in [5, 5.41) is 12.9. The Bertz CT molecular complexity index is 1080. The molecule has 126 valence electrons. The van der Waals surface area contributed by atoms with E-state index in [0.717, 1.165) is 30.4 Å². The first-order chi connectivity index (χ1) is 12.3. The zero-order valence-corrected chi connectivity index (χ0v) is 14.1. The summed E-state index contributed by atoms with van der Waals surface area (Å²) in [5.74, 6) is 0. The van der Waals surface area contributed by atoms with Gasteiger partial charge in [-0.05, 0) is 18.1 Å². The van der Waals surface area contributed by atoms with Crippen molar-refractivity contribution in [3.05, 3.63) is 59.1 Å². The predicted octanol–water partition coefficient (Wildman–Crippen LogP) is 3.30. The van der Waals surface area contributed by atoms with E-state index in [0.29, 0.717) is 23.2 Å². The molecule has 3 heterocycles. The first-order valence-corrected chi connectivity index (χ1v) is 8.58. The van der Waals surface area contributed by atoms with Gasteiger partial charge in [-0.3, -0.25) is 4.79 Å². The fourth-order valence-electron chi connectivity index (χ4n) is 3.06. The third kappa shape index (κ3) is 2.69. The Morgan fingerprint density at radius 2 is 1.88 bits per heavy atom. The Morgan fingerprint density at radius 3 is 2.68 bits per heavy atom. The van der Waals surface area contributed by atoms with Gasteiger partial charge in [0.25, 0.3) is 5.56 Å². The van der Waals surface area contributed by atoms with Gasteiger partial charge in [-0.2, -0.15) is 5.10 Å². The monoisotopic (exact) mass is 333 g/mol. The second-order valence-electron chi connectivity index (χ2n) is 6.11. The molecule has 0 bridgehead atoms. The fourth-order valence-corrected chi connectivity index (χ4v) is 3.06. The minimum Gasteiger partial charge on any atom is -0.313 e. The number of nitrogens with zero attached hydrogens (tertiary/aromatic N) is 5. The Kier molecular flexibility index (Phi) is 4.01. The largest absolute Gasteiger partial charge is 0.313 e. The van der Waals surface area contributed by atoms with E-state index in [2.05, 4.69) is 22.2 Å². The van der Waals surface area contributed by atoms with Crippen LogP contribution in [0, 0.1) is 0 Å². The van der Waals surface area contributed by atoms with Crippen LogP contribution < -0.4 is 5.56 Å². The molecule has 0 aliphatic carbocycles. The average Bonchev–Trinajstić information content (AvgIpc) is 3.09. The normalized spacial score (nSPS) is 11.4. The third-order valence-electron chi connectivity index (χ3n) is 4.42. The third-order valence-corrected chi connectivity index (χ3v) is 4.42. The lowest BCUT2D eigenvalue weighted by Gasteiger charge is -2.07. The maximum Gasteiger partial charge on any atom is 0.280 e. The van der Waals surface area contributed by atoms with Gasteiger partial charge in [0.15, 0.2) is 11.2 Å². The molecular formula is C19H19N5O. The van der Waals surface area contributed by atoms with Crippen molar-refractivity contribution in [3.63, 3.8) is 0 Å². The first kappa shape index (κ1) is 15.5. The molecule has 3 aromatic heterocycles. The Labute approximate surface area is 144 Å². The molecule has 0 atom stereocenters. The smallest absolute Gasteiger partial charge is 0.280 e. The minimum atomic E-state index is -0.111. The summed E-state index contributed by atoms with van der Waals surface area (Å²) >= 11 is 0. The van der Waals surface area contributed by atoms with Gasteiger partial charge in [0, 0.05) is 18.3 Å². The number of hydrogen-bond acceptors (Lipinski definition) is 4. The quantitative estimate of drug-likeness (QED) is 0.526. The van der Waals surface area contributed by atoms with Gasteiger partial charge in [-0.15, -0.1) is 10.2 Å². The van der Waals surface area contributed by atoms with Crippen LogP contribution in [-0.4, -0.2) is 24.4 Å². The molecule has 0 saturated heterocycles. The van der Waals surface area contributed by atoms with Gasteiger partial charge in [-0.1, -0.05) is 50.1 Å². The zero-order valence-electron chi connectivity index (χ0n) is 14.1. The number of benzene rings is 1. The number of aromatic nitrogens is 5. The van der Waals surface area contributed by atoms with Crippen molar-refractivity contribution in [2.24, 2.45) is 0 Å². The highest BCUT2D eigenvalue weighted by atomic mass is 16.1. The molecule has 0 aliphatic rings. The average molecular weight is 333 g/mol. The van der Waals surface area contributed by atoms with Crippen molar-refractivity contribution < 1.29 is 0 Å². The Morgan fingerprint density at radius 1 is 1.04 bits per heavy atom. The van der Waals surface area contributed by atoms with Crippen molar-refractivity contribution in [2.75, 3.05) is 0 Å². The van der Waals surface area contributed by atoms with Gasteiger partial charge < -0.3 is 4.57 Å². The summed E-state index contributed by atoms with van der Waals surface area (Å²) in [6.07, 6.45) is 6.81. The van der Waals surface area contributed by atoms with Crippen LogP contribution in [0.25, 0.3) is 27.8 Å². The molecule has 0 N–H and O–H groups in total. The molecule has 6 nitrogen and oxygen atoms in total. The minimum absolute atomic E-state index is 0.111. The van der Waals surface area contributed by atoms with Crippen molar-refractivity contribution in [3.8, 4) is 11.1 Å². The lowest BCUT2D eigenvalue weighted by Crippen LogP contribution is -2.21. The van der Waals surface area contributed by atoms with E-state index in [9.17, 15) is 4.79 Å². The van der Waals surface area contributed by atoms with Crippen molar-refractivity contribution in [1.82, 2.24) is 24.4 Å². The van der Waals surface area contributed by atoms with E-state index < -0.39 is 0 Å².